The summed E-state index contributed by atoms with van der Waals surface area (Å²) in [5.41, 5.74) is 0.475. The Bertz CT molecular complexity index is 260. The lowest BCUT2D eigenvalue weighted by molar-refractivity contribution is 0.0234. The molecule has 3 nitrogen and oxygen atoms in total. The molecular formula is C15H31N3. The molecule has 0 saturated heterocycles. The van der Waals surface area contributed by atoms with Crippen LogP contribution in [-0.4, -0.2) is 62.7 Å². The highest BCUT2D eigenvalue weighted by atomic mass is 15.2. The minimum Gasteiger partial charge on any atom is -0.317 e. The Balaban J connectivity index is 1.82. The van der Waals surface area contributed by atoms with E-state index in [1.54, 1.807) is 0 Å². The number of rotatable bonds is 6. The summed E-state index contributed by atoms with van der Waals surface area (Å²) in [6.07, 6.45) is 8.35. The highest BCUT2D eigenvalue weighted by Crippen LogP contribution is 2.37. The van der Waals surface area contributed by atoms with Crippen LogP contribution < -0.4 is 5.32 Å². The lowest BCUT2D eigenvalue weighted by Crippen LogP contribution is -2.57. The van der Waals surface area contributed by atoms with Gasteiger partial charge in [-0.05, 0) is 66.2 Å². The summed E-state index contributed by atoms with van der Waals surface area (Å²) in [5, 5.41) is 3.50. The molecule has 2 aliphatic rings. The zero-order valence-electron chi connectivity index (χ0n) is 12.7. The lowest BCUT2D eigenvalue weighted by atomic mass is 9.75. The normalized spacial score (nSPS) is 31.0. The summed E-state index contributed by atoms with van der Waals surface area (Å²) in [7, 11) is 8.93. The highest BCUT2D eigenvalue weighted by Gasteiger charge is 2.40. The minimum absolute atomic E-state index is 0.475. The molecule has 18 heavy (non-hydrogen) atoms. The van der Waals surface area contributed by atoms with Gasteiger partial charge in [0.2, 0.25) is 0 Å². The maximum Gasteiger partial charge on any atom is 0.0330 e. The van der Waals surface area contributed by atoms with Crippen LogP contribution >= 0.6 is 0 Å². The van der Waals surface area contributed by atoms with Crippen LogP contribution in [0.3, 0.4) is 0 Å². The summed E-state index contributed by atoms with van der Waals surface area (Å²) in [4.78, 5) is 5.04. The topological polar surface area (TPSA) is 18.5 Å². The van der Waals surface area contributed by atoms with Crippen molar-refractivity contribution in [3.8, 4) is 0 Å². The molecule has 0 aliphatic heterocycles. The first-order valence-electron chi connectivity index (χ1n) is 7.61. The maximum atomic E-state index is 3.50. The van der Waals surface area contributed by atoms with Crippen molar-refractivity contribution in [1.29, 1.82) is 0 Å². The predicted molar refractivity (Wildman–Crippen MR) is 78.0 cm³/mol. The van der Waals surface area contributed by atoms with Gasteiger partial charge in [-0.15, -0.1) is 0 Å². The van der Waals surface area contributed by atoms with Gasteiger partial charge in [-0.3, -0.25) is 0 Å². The SMILES string of the molecule is CNC1CCCC1CN(C)CC1(N(C)C)CCC1. The van der Waals surface area contributed by atoms with Gasteiger partial charge in [0, 0.05) is 24.7 Å². The zero-order chi connectivity index (χ0) is 13.2. The van der Waals surface area contributed by atoms with E-state index in [1.165, 1.54) is 51.6 Å². The third-order valence-electron chi connectivity index (χ3n) is 5.37. The summed E-state index contributed by atoms with van der Waals surface area (Å²) in [6, 6.07) is 0.754. The molecule has 0 aromatic heterocycles. The third-order valence-corrected chi connectivity index (χ3v) is 5.37. The van der Waals surface area contributed by atoms with Crippen LogP contribution in [0.15, 0.2) is 0 Å². The maximum absolute atomic E-state index is 3.50. The monoisotopic (exact) mass is 253 g/mol. The predicted octanol–water partition coefficient (Wildman–Crippen LogP) is 1.79. The van der Waals surface area contributed by atoms with Gasteiger partial charge in [0.15, 0.2) is 0 Å². The Hall–Kier alpha value is -0.120. The Morgan fingerprint density at radius 1 is 1.11 bits per heavy atom. The molecule has 106 valence electrons. The molecule has 0 spiro atoms. The van der Waals surface area contributed by atoms with Crippen molar-refractivity contribution in [2.45, 2.75) is 50.1 Å². The van der Waals surface area contributed by atoms with Crippen molar-refractivity contribution < 1.29 is 0 Å². The van der Waals surface area contributed by atoms with Gasteiger partial charge < -0.3 is 15.1 Å². The molecule has 0 aromatic carbocycles. The van der Waals surface area contributed by atoms with Crippen LogP contribution in [0.5, 0.6) is 0 Å². The van der Waals surface area contributed by atoms with E-state index in [4.69, 9.17) is 0 Å². The Kier molecular flexibility index (Phi) is 4.68. The molecule has 0 heterocycles. The second-order valence-corrected chi connectivity index (χ2v) is 6.76. The molecular weight excluding hydrogens is 222 g/mol. The Morgan fingerprint density at radius 3 is 2.33 bits per heavy atom. The average Bonchev–Trinajstić information content (AvgIpc) is 2.70. The van der Waals surface area contributed by atoms with E-state index in [2.05, 4.69) is 43.3 Å². The minimum atomic E-state index is 0.475. The summed E-state index contributed by atoms with van der Waals surface area (Å²) in [6.45, 7) is 2.51. The summed E-state index contributed by atoms with van der Waals surface area (Å²) >= 11 is 0. The number of nitrogens with zero attached hydrogens (tertiary/aromatic N) is 2. The van der Waals surface area contributed by atoms with Crippen LogP contribution in [0.4, 0.5) is 0 Å². The molecule has 2 aliphatic carbocycles. The quantitative estimate of drug-likeness (QED) is 0.778. The van der Waals surface area contributed by atoms with E-state index in [0.717, 1.165) is 12.0 Å². The molecule has 2 unspecified atom stereocenters. The fraction of sp³-hybridized carbons (Fsp3) is 1.00. The lowest BCUT2D eigenvalue weighted by Gasteiger charge is -2.49. The van der Waals surface area contributed by atoms with Crippen LogP contribution in [0.2, 0.25) is 0 Å². The van der Waals surface area contributed by atoms with Crippen molar-refractivity contribution in [1.82, 2.24) is 15.1 Å². The fourth-order valence-corrected chi connectivity index (χ4v) is 3.93. The second-order valence-electron chi connectivity index (χ2n) is 6.76. The van der Waals surface area contributed by atoms with E-state index in [0.29, 0.717) is 5.54 Å². The Labute approximate surface area is 113 Å². The molecule has 2 fully saturated rings. The van der Waals surface area contributed by atoms with Crippen LogP contribution in [0.25, 0.3) is 0 Å². The largest absolute Gasteiger partial charge is 0.317 e. The van der Waals surface area contributed by atoms with E-state index in [-0.39, 0.29) is 0 Å². The molecule has 0 aromatic rings. The van der Waals surface area contributed by atoms with Crippen molar-refractivity contribution >= 4 is 0 Å². The molecule has 2 atom stereocenters. The zero-order valence-corrected chi connectivity index (χ0v) is 12.7. The van der Waals surface area contributed by atoms with E-state index in [9.17, 15) is 0 Å². The van der Waals surface area contributed by atoms with Gasteiger partial charge in [0.05, 0.1) is 0 Å². The smallest absolute Gasteiger partial charge is 0.0330 e. The van der Waals surface area contributed by atoms with Crippen LogP contribution in [-0.2, 0) is 0 Å². The first kappa shape index (κ1) is 14.3. The van der Waals surface area contributed by atoms with Gasteiger partial charge in [0.1, 0.15) is 0 Å². The van der Waals surface area contributed by atoms with E-state index in [1.807, 2.05) is 0 Å². The average molecular weight is 253 g/mol. The summed E-state index contributed by atoms with van der Waals surface area (Å²) in [5.74, 6) is 0.860. The second kappa shape index (κ2) is 5.89. The van der Waals surface area contributed by atoms with Crippen molar-refractivity contribution in [2.24, 2.45) is 5.92 Å². The highest BCUT2D eigenvalue weighted by molar-refractivity contribution is 4.98. The molecule has 0 amide bonds. The van der Waals surface area contributed by atoms with Crippen LogP contribution in [0, 0.1) is 5.92 Å². The van der Waals surface area contributed by atoms with Gasteiger partial charge in [-0.25, -0.2) is 0 Å². The number of hydrogen-bond acceptors (Lipinski definition) is 3. The third kappa shape index (κ3) is 2.89. The van der Waals surface area contributed by atoms with E-state index < -0.39 is 0 Å². The first-order chi connectivity index (χ1) is 8.57. The molecule has 3 heteroatoms. The molecule has 1 N–H and O–H groups in total. The first-order valence-corrected chi connectivity index (χ1v) is 7.61. The van der Waals surface area contributed by atoms with Crippen molar-refractivity contribution in [2.75, 3.05) is 41.3 Å². The summed E-state index contributed by atoms with van der Waals surface area (Å²) < 4.78 is 0. The van der Waals surface area contributed by atoms with Gasteiger partial charge >= 0.3 is 0 Å². The Morgan fingerprint density at radius 2 is 1.83 bits per heavy atom. The molecule has 0 radical (unpaired) electrons. The molecule has 2 rings (SSSR count). The van der Waals surface area contributed by atoms with Crippen LogP contribution in [0.1, 0.15) is 38.5 Å². The number of likely N-dealkylation sites (N-methyl/N-ethyl adjacent to an activating group) is 2. The number of hydrogen-bond donors (Lipinski definition) is 1. The van der Waals surface area contributed by atoms with Crippen molar-refractivity contribution in [3.05, 3.63) is 0 Å². The molecule has 0 bridgehead atoms. The van der Waals surface area contributed by atoms with Gasteiger partial charge in [-0.1, -0.05) is 6.42 Å². The van der Waals surface area contributed by atoms with Gasteiger partial charge in [0.25, 0.3) is 0 Å². The van der Waals surface area contributed by atoms with Crippen molar-refractivity contribution in [3.63, 3.8) is 0 Å². The standard InChI is InChI=1S/C15H31N3/c1-16-14-8-5-7-13(14)11-18(4)12-15(17(2)3)9-6-10-15/h13-14,16H,5-12H2,1-4H3. The fourth-order valence-electron chi connectivity index (χ4n) is 3.93. The van der Waals surface area contributed by atoms with E-state index >= 15 is 0 Å². The number of nitrogens with one attached hydrogen (secondary N) is 1. The molecule has 2 saturated carbocycles. The van der Waals surface area contributed by atoms with Gasteiger partial charge in [-0.2, -0.15) is 0 Å².